The van der Waals surface area contributed by atoms with Crippen molar-refractivity contribution in [2.45, 2.75) is 43.2 Å². The minimum atomic E-state index is -3.64. The van der Waals surface area contributed by atoms with E-state index in [0.717, 1.165) is 38.0 Å². The second kappa shape index (κ2) is 10.7. The third kappa shape index (κ3) is 5.46. The molecule has 0 amide bonds. The Morgan fingerprint density at radius 2 is 1.74 bits per heavy atom. The molecule has 0 N–H and O–H groups in total. The maximum absolute atomic E-state index is 13.0. The number of rotatable bonds is 10. The maximum Gasteiger partial charge on any atom is 0.242 e. The van der Waals surface area contributed by atoms with Gasteiger partial charge in [-0.15, -0.1) is 0 Å². The molecule has 2 fully saturated rings. The number of hydrogen-bond donors (Lipinski definition) is 0. The molecular weight excluding hydrogens is 476 g/mol. The van der Waals surface area contributed by atoms with Crippen LogP contribution in [-0.4, -0.2) is 64.6 Å². The standard InChI is InChI=1S/C25H33ClN2O5S/c1-27(34(29,30)21-9-10-22(31-2)24(15-21)32-3)16-18-13-20(14-18)33-23-8-6-7-19(25(23)26)17-28-11-4-5-12-28/h6-10,15,18,20H,4-5,11-14,16-17H2,1-3H3. The molecule has 1 saturated heterocycles. The van der Waals surface area contributed by atoms with Crippen molar-refractivity contribution in [3.63, 3.8) is 0 Å². The maximum atomic E-state index is 13.0. The van der Waals surface area contributed by atoms with Crippen LogP contribution in [0.15, 0.2) is 41.3 Å². The second-order valence-corrected chi connectivity index (χ2v) is 11.5. The van der Waals surface area contributed by atoms with Crippen molar-refractivity contribution >= 4 is 21.6 Å². The van der Waals surface area contributed by atoms with Gasteiger partial charge in [0.1, 0.15) is 5.75 Å². The number of halogens is 1. The van der Waals surface area contributed by atoms with Gasteiger partial charge in [-0.05, 0) is 68.5 Å². The van der Waals surface area contributed by atoms with E-state index >= 15 is 0 Å². The molecule has 2 aromatic carbocycles. The molecular formula is C25H33ClN2O5S. The number of hydrogen-bond acceptors (Lipinski definition) is 6. The van der Waals surface area contributed by atoms with Crippen molar-refractivity contribution in [2.24, 2.45) is 5.92 Å². The molecule has 34 heavy (non-hydrogen) atoms. The van der Waals surface area contributed by atoms with Crippen LogP contribution in [0.5, 0.6) is 17.2 Å². The lowest BCUT2D eigenvalue weighted by Crippen LogP contribution is -2.41. The highest BCUT2D eigenvalue weighted by molar-refractivity contribution is 7.89. The van der Waals surface area contributed by atoms with Gasteiger partial charge in [-0.1, -0.05) is 23.7 Å². The monoisotopic (exact) mass is 508 g/mol. The minimum absolute atomic E-state index is 0.0433. The van der Waals surface area contributed by atoms with Gasteiger partial charge in [0.2, 0.25) is 10.0 Å². The van der Waals surface area contributed by atoms with E-state index in [2.05, 4.69) is 11.0 Å². The molecule has 0 spiro atoms. The largest absolute Gasteiger partial charge is 0.493 e. The van der Waals surface area contributed by atoms with E-state index < -0.39 is 10.0 Å². The molecule has 7 nitrogen and oxygen atoms in total. The van der Waals surface area contributed by atoms with Crippen LogP contribution in [0.1, 0.15) is 31.2 Å². The van der Waals surface area contributed by atoms with Crippen LogP contribution in [0.25, 0.3) is 0 Å². The van der Waals surface area contributed by atoms with Gasteiger partial charge < -0.3 is 14.2 Å². The summed E-state index contributed by atoms with van der Waals surface area (Å²) in [7, 11) is 0.978. The Balaban J connectivity index is 1.32. The van der Waals surface area contributed by atoms with Crippen LogP contribution >= 0.6 is 11.6 Å². The van der Waals surface area contributed by atoms with Gasteiger partial charge in [0.25, 0.3) is 0 Å². The van der Waals surface area contributed by atoms with Crippen LogP contribution in [0.3, 0.4) is 0 Å². The first kappa shape index (κ1) is 25.1. The summed E-state index contributed by atoms with van der Waals surface area (Å²) in [4.78, 5) is 2.60. The van der Waals surface area contributed by atoms with Gasteiger partial charge >= 0.3 is 0 Å². The summed E-state index contributed by atoms with van der Waals surface area (Å²) in [6, 6.07) is 10.6. The van der Waals surface area contributed by atoms with Gasteiger partial charge in [0.05, 0.1) is 30.2 Å². The number of ether oxygens (including phenoxy) is 3. The van der Waals surface area contributed by atoms with Crippen molar-refractivity contribution in [3.8, 4) is 17.2 Å². The molecule has 0 atom stereocenters. The predicted molar refractivity (Wildman–Crippen MR) is 132 cm³/mol. The van der Waals surface area contributed by atoms with E-state index in [9.17, 15) is 8.42 Å². The SMILES string of the molecule is COc1ccc(S(=O)(=O)N(C)CC2CC(Oc3cccc(CN4CCCC4)c3Cl)C2)cc1OC. The molecule has 4 rings (SSSR count). The summed E-state index contributed by atoms with van der Waals surface area (Å²) in [6.07, 6.45) is 4.11. The van der Waals surface area contributed by atoms with E-state index in [1.165, 1.54) is 43.5 Å². The summed E-state index contributed by atoms with van der Waals surface area (Å²) >= 11 is 6.65. The Kier molecular flexibility index (Phi) is 7.92. The number of benzene rings is 2. The van der Waals surface area contributed by atoms with E-state index in [1.54, 1.807) is 13.1 Å². The molecule has 0 unspecified atom stereocenters. The topological polar surface area (TPSA) is 68.3 Å². The number of nitrogens with zero attached hydrogens (tertiary/aromatic N) is 2. The lowest BCUT2D eigenvalue weighted by Gasteiger charge is -2.37. The fourth-order valence-electron chi connectivity index (χ4n) is 4.67. The van der Waals surface area contributed by atoms with Crippen LogP contribution in [0.2, 0.25) is 5.02 Å². The van der Waals surface area contributed by atoms with Crippen LogP contribution in [0, 0.1) is 5.92 Å². The fourth-order valence-corrected chi connectivity index (χ4v) is 6.16. The molecule has 0 radical (unpaired) electrons. The highest BCUT2D eigenvalue weighted by Crippen LogP contribution is 2.37. The highest BCUT2D eigenvalue weighted by atomic mass is 35.5. The van der Waals surface area contributed by atoms with E-state index in [-0.39, 0.29) is 16.9 Å². The van der Waals surface area contributed by atoms with Crippen molar-refractivity contribution in [3.05, 3.63) is 47.0 Å². The summed E-state index contributed by atoms with van der Waals surface area (Å²) < 4.78 is 44.1. The van der Waals surface area contributed by atoms with Crippen molar-refractivity contribution < 1.29 is 22.6 Å². The van der Waals surface area contributed by atoms with Crippen molar-refractivity contribution in [2.75, 3.05) is 40.9 Å². The van der Waals surface area contributed by atoms with Crippen molar-refractivity contribution in [1.29, 1.82) is 0 Å². The summed E-state index contributed by atoms with van der Waals surface area (Å²) in [5.74, 6) is 1.83. The Hall–Kier alpha value is -2.00. The van der Waals surface area contributed by atoms with E-state index in [1.807, 2.05) is 12.1 Å². The molecule has 2 aromatic rings. The van der Waals surface area contributed by atoms with Gasteiger partial charge in [0, 0.05) is 26.2 Å². The highest BCUT2D eigenvalue weighted by Gasteiger charge is 2.35. The van der Waals surface area contributed by atoms with Crippen LogP contribution < -0.4 is 14.2 Å². The molecule has 2 aliphatic rings. The predicted octanol–water partition coefficient (Wildman–Crippen LogP) is 4.43. The van der Waals surface area contributed by atoms with Gasteiger partial charge in [-0.3, -0.25) is 4.90 Å². The van der Waals surface area contributed by atoms with E-state index in [4.69, 9.17) is 25.8 Å². The minimum Gasteiger partial charge on any atom is -0.493 e. The third-order valence-corrected chi connectivity index (χ3v) is 8.95. The Bertz CT molecular complexity index is 1100. The number of sulfonamides is 1. The Morgan fingerprint density at radius 3 is 2.41 bits per heavy atom. The summed E-state index contributed by atoms with van der Waals surface area (Å²) in [6.45, 7) is 3.51. The number of methoxy groups -OCH3 is 2. The van der Waals surface area contributed by atoms with Gasteiger partial charge in [-0.2, -0.15) is 0 Å². The second-order valence-electron chi connectivity index (χ2n) is 9.09. The molecule has 1 aliphatic carbocycles. The van der Waals surface area contributed by atoms with Crippen LogP contribution in [-0.2, 0) is 16.6 Å². The molecule has 1 heterocycles. The lowest BCUT2D eigenvalue weighted by molar-refractivity contribution is 0.0575. The Morgan fingerprint density at radius 1 is 1.03 bits per heavy atom. The van der Waals surface area contributed by atoms with Gasteiger partial charge in [-0.25, -0.2) is 12.7 Å². The zero-order chi connectivity index (χ0) is 24.3. The molecule has 1 aliphatic heterocycles. The molecule has 0 aromatic heterocycles. The number of likely N-dealkylation sites (tertiary alicyclic amines) is 1. The third-order valence-electron chi connectivity index (χ3n) is 6.70. The molecule has 186 valence electrons. The normalized spacial score (nSPS) is 20.9. The van der Waals surface area contributed by atoms with E-state index in [0.29, 0.717) is 28.8 Å². The quantitative estimate of drug-likeness (QED) is 0.473. The smallest absolute Gasteiger partial charge is 0.242 e. The molecule has 1 saturated carbocycles. The average Bonchev–Trinajstić information content (AvgIpc) is 3.32. The summed E-state index contributed by atoms with van der Waals surface area (Å²) in [5.41, 5.74) is 1.10. The molecule has 0 bridgehead atoms. The zero-order valence-corrected chi connectivity index (χ0v) is 21.6. The zero-order valence-electron chi connectivity index (χ0n) is 20.0. The van der Waals surface area contributed by atoms with Crippen molar-refractivity contribution in [1.82, 2.24) is 9.21 Å². The summed E-state index contributed by atoms with van der Waals surface area (Å²) in [5, 5.41) is 0.686. The fraction of sp³-hybridized carbons (Fsp3) is 0.520. The first-order valence-electron chi connectivity index (χ1n) is 11.7. The van der Waals surface area contributed by atoms with Crippen LogP contribution in [0.4, 0.5) is 0 Å². The lowest BCUT2D eigenvalue weighted by atomic mass is 9.82. The Labute approximate surface area is 207 Å². The van der Waals surface area contributed by atoms with Gasteiger partial charge in [0.15, 0.2) is 11.5 Å². The first-order valence-corrected chi connectivity index (χ1v) is 13.5. The average molecular weight is 509 g/mol. The first-order chi connectivity index (χ1) is 16.3. The molecule has 9 heteroatoms.